The van der Waals surface area contributed by atoms with Crippen molar-refractivity contribution >= 4 is 24.2 Å². The molecule has 0 aliphatic heterocycles. The fraction of sp³-hybridized carbons (Fsp3) is 0.118. The smallest absolute Gasteiger partial charge is 0.0786 e. The van der Waals surface area contributed by atoms with Gasteiger partial charge in [-0.25, -0.2) is 0 Å². The van der Waals surface area contributed by atoms with Gasteiger partial charge in [0.2, 0.25) is 0 Å². The molecule has 0 aromatic heterocycles. The van der Waals surface area contributed by atoms with Gasteiger partial charge in [0.05, 0.1) is 5.70 Å². The summed E-state index contributed by atoms with van der Waals surface area (Å²) in [5, 5.41) is 0. The Morgan fingerprint density at radius 2 is 1.58 bits per heavy atom. The van der Waals surface area contributed by atoms with Gasteiger partial charge in [-0.05, 0) is 19.2 Å². The molecule has 2 aromatic carbocycles. The Morgan fingerprint density at radius 1 is 1.00 bits per heavy atom. The number of allylic oxidation sites excluding steroid dienone is 1. The van der Waals surface area contributed by atoms with Crippen LogP contribution in [0.4, 0.5) is 0 Å². The standard InChI is InChI=1S/C17H17NS/c1-14(19-13-15-9-5-3-6-10-15)17(18-2)16-11-7-4-8-12-16/h3-12H,2,13H2,1H3/b17-14-. The summed E-state index contributed by atoms with van der Waals surface area (Å²) in [6, 6.07) is 20.7. The summed E-state index contributed by atoms with van der Waals surface area (Å²) in [5.74, 6) is 0.957. The molecule has 96 valence electrons. The van der Waals surface area contributed by atoms with Gasteiger partial charge in [0, 0.05) is 16.2 Å². The molecule has 2 aromatic rings. The summed E-state index contributed by atoms with van der Waals surface area (Å²) in [4.78, 5) is 5.38. The van der Waals surface area contributed by atoms with Gasteiger partial charge in [-0.1, -0.05) is 60.7 Å². The van der Waals surface area contributed by atoms with Gasteiger partial charge in [-0.15, -0.1) is 11.8 Å². The average molecular weight is 267 g/mol. The van der Waals surface area contributed by atoms with E-state index in [1.165, 1.54) is 10.5 Å². The van der Waals surface area contributed by atoms with Gasteiger partial charge in [-0.3, -0.25) is 4.99 Å². The normalized spacial score (nSPS) is 11.8. The minimum Gasteiger partial charge on any atom is -0.263 e. The van der Waals surface area contributed by atoms with Gasteiger partial charge in [0.1, 0.15) is 0 Å². The Bertz CT molecular complexity index is 558. The van der Waals surface area contributed by atoms with Crippen LogP contribution >= 0.6 is 11.8 Å². The van der Waals surface area contributed by atoms with E-state index in [0.717, 1.165) is 17.0 Å². The molecular weight excluding hydrogens is 250 g/mol. The van der Waals surface area contributed by atoms with Crippen LogP contribution in [-0.4, -0.2) is 6.72 Å². The molecule has 0 saturated carbocycles. The molecule has 0 radical (unpaired) electrons. The lowest BCUT2D eigenvalue weighted by atomic mass is 10.1. The number of benzene rings is 2. The number of hydrogen-bond acceptors (Lipinski definition) is 2. The Kier molecular flexibility index (Phi) is 4.99. The van der Waals surface area contributed by atoms with Crippen molar-refractivity contribution in [2.45, 2.75) is 12.7 Å². The van der Waals surface area contributed by atoms with E-state index in [-0.39, 0.29) is 0 Å². The summed E-state index contributed by atoms with van der Waals surface area (Å²) in [5.41, 5.74) is 3.42. The van der Waals surface area contributed by atoms with Crippen LogP contribution in [0.2, 0.25) is 0 Å². The molecule has 19 heavy (non-hydrogen) atoms. The molecule has 0 atom stereocenters. The van der Waals surface area contributed by atoms with E-state index in [0.29, 0.717) is 0 Å². The fourth-order valence-electron chi connectivity index (χ4n) is 1.84. The summed E-state index contributed by atoms with van der Waals surface area (Å²) in [7, 11) is 0. The Morgan fingerprint density at radius 3 is 2.16 bits per heavy atom. The number of hydrogen-bond donors (Lipinski definition) is 0. The zero-order valence-electron chi connectivity index (χ0n) is 11.0. The van der Waals surface area contributed by atoms with Crippen molar-refractivity contribution < 1.29 is 0 Å². The highest BCUT2D eigenvalue weighted by Gasteiger charge is 2.04. The van der Waals surface area contributed by atoms with E-state index in [9.17, 15) is 0 Å². The number of aliphatic imine (C=N–C) groups is 1. The highest BCUT2D eigenvalue weighted by molar-refractivity contribution is 8.02. The van der Waals surface area contributed by atoms with Gasteiger partial charge >= 0.3 is 0 Å². The van der Waals surface area contributed by atoms with Crippen molar-refractivity contribution in [3.8, 4) is 0 Å². The van der Waals surface area contributed by atoms with E-state index in [4.69, 9.17) is 0 Å². The highest BCUT2D eigenvalue weighted by atomic mass is 32.2. The number of thioether (sulfide) groups is 1. The summed E-state index contributed by atoms with van der Waals surface area (Å²) < 4.78 is 0. The third-order valence-corrected chi connectivity index (χ3v) is 3.94. The van der Waals surface area contributed by atoms with Crippen LogP contribution < -0.4 is 0 Å². The third kappa shape index (κ3) is 3.83. The van der Waals surface area contributed by atoms with Crippen molar-refractivity contribution in [1.82, 2.24) is 0 Å². The van der Waals surface area contributed by atoms with Crippen LogP contribution in [0.15, 0.2) is 70.6 Å². The largest absolute Gasteiger partial charge is 0.263 e. The first-order valence-electron chi connectivity index (χ1n) is 6.21. The molecule has 0 N–H and O–H groups in total. The fourth-order valence-corrected chi connectivity index (χ4v) is 2.73. The van der Waals surface area contributed by atoms with Crippen LogP contribution in [0.1, 0.15) is 18.1 Å². The third-order valence-electron chi connectivity index (χ3n) is 2.84. The Balaban J connectivity index is 2.13. The van der Waals surface area contributed by atoms with Crippen molar-refractivity contribution in [1.29, 1.82) is 0 Å². The van der Waals surface area contributed by atoms with Crippen LogP contribution in [0.25, 0.3) is 5.70 Å². The second-order valence-corrected chi connectivity index (χ2v) is 5.39. The maximum absolute atomic E-state index is 4.18. The predicted octanol–water partition coefficient (Wildman–Crippen LogP) is 5.01. The second kappa shape index (κ2) is 6.95. The monoisotopic (exact) mass is 267 g/mol. The zero-order chi connectivity index (χ0) is 13.5. The Labute approximate surface area is 119 Å². The first kappa shape index (κ1) is 13.6. The molecule has 0 amide bonds. The van der Waals surface area contributed by atoms with E-state index >= 15 is 0 Å². The Hall–Kier alpha value is -1.80. The summed E-state index contributed by atoms with van der Waals surface area (Å²) in [6.07, 6.45) is 0. The van der Waals surface area contributed by atoms with E-state index in [1.54, 1.807) is 11.8 Å². The van der Waals surface area contributed by atoms with Crippen LogP contribution in [0.5, 0.6) is 0 Å². The van der Waals surface area contributed by atoms with E-state index in [1.807, 2.05) is 24.3 Å². The van der Waals surface area contributed by atoms with Gasteiger partial charge in [0.15, 0.2) is 0 Å². The molecule has 0 saturated heterocycles. The minimum absolute atomic E-state index is 0.957. The SMILES string of the molecule is C=N/C(=C(/C)SCc1ccccc1)c1ccccc1. The molecule has 0 bridgehead atoms. The molecule has 0 aliphatic rings. The molecule has 0 spiro atoms. The summed E-state index contributed by atoms with van der Waals surface area (Å²) in [6.45, 7) is 5.79. The van der Waals surface area contributed by atoms with Crippen LogP contribution in [0.3, 0.4) is 0 Å². The zero-order valence-corrected chi connectivity index (χ0v) is 11.9. The lowest BCUT2D eigenvalue weighted by Gasteiger charge is -2.08. The van der Waals surface area contributed by atoms with Gasteiger partial charge in [0.25, 0.3) is 0 Å². The first-order chi connectivity index (χ1) is 9.31. The molecular formula is C17H17NS. The first-order valence-corrected chi connectivity index (χ1v) is 7.19. The lowest BCUT2D eigenvalue weighted by Crippen LogP contribution is -1.85. The number of nitrogens with zero attached hydrogens (tertiary/aromatic N) is 1. The van der Waals surface area contributed by atoms with Crippen molar-refractivity contribution in [2.75, 3.05) is 0 Å². The molecule has 0 heterocycles. The van der Waals surface area contributed by atoms with Crippen molar-refractivity contribution in [3.05, 3.63) is 76.7 Å². The maximum Gasteiger partial charge on any atom is 0.0786 e. The van der Waals surface area contributed by atoms with Crippen molar-refractivity contribution in [2.24, 2.45) is 4.99 Å². The second-order valence-electron chi connectivity index (χ2n) is 4.20. The van der Waals surface area contributed by atoms with Crippen LogP contribution in [-0.2, 0) is 5.75 Å². The molecule has 0 aliphatic carbocycles. The number of rotatable bonds is 5. The van der Waals surface area contributed by atoms with Crippen molar-refractivity contribution in [3.63, 3.8) is 0 Å². The summed E-state index contributed by atoms with van der Waals surface area (Å²) >= 11 is 1.80. The topological polar surface area (TPSA) is 12.4 Å². The van der Waals surface area contributed by atoms with Gasteiger partial charge in [-0.2, -0.15) is 0 Å². The molecule has 2 heteroatoms. The van der Waals surface area contributed by atoms with E-state index < -0.39 is 0 Å². The lowest BCUT2D eigenvalue weighted by molar-refractivity contribution is 1.41. The van der Waals surface area contributed by atoms with Gasteiger partial charge < -0.3 is 0 Å². The van der Waals surface area contributed by atoms with E-state index in [2.05, 4.69) is 55.0 Å². The molecule has 1 nitrogen and oxygen atoms in total. The minimum atomic E-state index is 0.957. The quantitative estimate of drug-likeness (QED) is 0.694. The average Bonchev–Trinajstić information content (AvgIpc) is 2.48. The highest BCUT2D eigenvalue weighted by Crippen LogP contribution is 2.29. The molecule has 0 fully saturated rings. The maximum atomic E-state index is 4.18. The molecule has 0 unspecified atom stereocenters. The van der Waals surface area contributed by atoms with Crippen LogP contribution in [0, 0.1) is 0 Å². The molecule has 2 rings (SSSR count). The predicted molar refractivity (Wildman–Crippen MR) is 86.3 cm³/mol.